The van der Waals surface area contributed by atoms with Crippen LogP contribution in [0, 0.1) is 12.8 Å². The highest BCUT2D eigenvalue weighted by molar-refractivity contribution is 5.91. The van der Waals surface area contributed by atoms with Crippen molar-refractivity contribution in [3.8, 4) is 11.1 Å². The van der Waals surface area contributed by atoms with Crippen LogP contribution in [0.15, 0.2) is 48.7 Å². The maximum Gasteiger partial charge on any atom is 0.338 e. The molecule has 178 valence electrons. The molecule has 1 fully saturated rings. The summed E-state index contributed by atoms with van der Waals surface area (Å²) >= 11 is 0. The third kappa shape index (κ3) is 5.63. The lowest BCUT2D eigenvalue weighted by molar-refractivity contribution is 0.0526. The van der Waals surface area contributed by atoms with E-state index in [-0.39, 0.29) is 5.97 Å². The lowest BCUT2D eigenvalue weighted by Crippen LogP contribution is -2.18. The SMILES string of the molecule is CCOC(=O)c1cccc(-c2cccc(CNc3nc(NC[C@@H]4CCNC4)ncc3N)c2C)c1. The maximum atomic E-state index is 12.2. The number of aromatic nitrogens is 2. The average molecular weight is 461 g/mol. The molecule has 0 saturated carbocycles. The summed E-state index contributed by atoms with van der Waals surface area (Å²) in [7, 11) is 0. The van der Waals surface area contributed by atoms with E-state index in [2.05, 4.69) is 45.0 Å². The molecule has 8 heteroatoms. The van der Waals surface area contributed by atoms with Gasteiger partial charge in [0, 0.05) is 13.1 Å². The second kappa shape index (κ2) is 11.0. The van der Waals surface area contributed by atoms with Crippen molar-refractivity contribution in [3.63, 3.8) is 0 Å². The van der Waals surface area contributed by atoms with Crippen molar-refractivity contribution < 1.29 is 9.53 Å². The van der Waals surface area contributed by atoms with Gasteiger partial charge in [-0.05, 0) is 73.7 Å². The van der Waals surface area contributed by atoms with Gasteiger partial charge in [-0.2, -0.15) is 4.98 Å². The fraction of sp³-hybridized carbons (Fsp3) is 0.346. The quantitative estimate of drug-likeness (QED) is 0.356. The summed E-state index contributed by atoms with van der Waals surface area (Å²) < 4.78 is 5.15. The van der Waals surface area contributed by atoms with Gasteiger partial charge < -0.3 is 26.4 Å². The van der Waals surface area contributed by atoms with Crippen molar-refractivity contribution in [3.05, 3.63) is 65.4 Å². The number of nitrogens with one attached hydrogen (secondary N) is 3. The van der Waals surface area contributed by atoms with Gasteiger partial charge in [0.25, 0.3) is 0 Å². The van der Waals surface area contributed by atoms with Gasteiger partial charge in [-0.3, -0.25) is 0 Å². The zero-order chi connectivity index (χ0) is 23.9. The smallest absolute Gasteiger partial charge is 0.338 e. The van der Waals surface area contributed by atoms with Crippen LogP contribution >= 0.6 is 0 Å². The summed E-state index contributed by atoms with van der Waals surface area (Å²) in [6, 6.07) is 13.7. The first kappa shape index (κ1) is 23.5. The van der Waals surface area contributed by atoms with Crippen molar-refractivity contribution in [2.45, 2.75) is 26.8 Å². The molecule has 1 aliphatic heterocycles. The van der Waals surface area contributed by atoms with Crippen LogP contribution in [0.25, 0.3) is 11.1 Å². The first-order valence-corrected chi connectivity index (χ1v) is 11.7. The topological polar surface area (TPSA) is 114 Å². The zero-order valence-corrected chi connectivity index (χ0v) is 19.7. The van der Waals surface area contributed by atoms with Gasteiger partial charge in [0.05, 0.1) is 24.1 Å². The molecule has 2 aromatic carbocycles. The molecule has 0 unspecified atom stereocenters. The number of carbonyl (C=O) groups excluding carboxylic acids is 1. The predicted molar refractivity (Wildman–Crippen MR) is 136 cm³/mol. The van der Waals surface area contributed by atoms with E-state index in [0.29, 0.717) is 42.1 Å². The van der Waals surface area contributed by atoms with Gasteiger partial charge in [-0.25, -0.2) is 9.78 Å². The van der Waals surface area contributed by atoms with Gasteiger partial charge in [-0.15, -0.1) is 0 Å². The van der Waals surface area contributed by atoms with Crippen molar-refractivity contribution in [1.82, 2.24) is 15.3 Å². The Balaban J connectivity index is 1.47. The van der Waals surface area contributed by atoms with E-state index in [1.54, 1.807) is 19.2 Å². The Kier molecular flexibility index (Phi) is 7.59. The Morgan fingerprint density at radius 2 is 2.09 bits per heavy atom. The summed E-state index contributed by atoms with van der Waals surface area (Å²) in [5, 5.41) is 10.1. The van der Waals surface area contributed by atoms with Crippen LogP contribution in [0.3, 0.4) is 0 Å². The molecule has 0 aliphatic carbocycles. The van der Waals surface area contributed by atoms with Gasteiger partial charge in [-0.1, -0.05) is 30.3 Å². The summed E-state index contributed by atoms with van der Waals surface area (Å²) in [6.45, 7) is 7.71. The van der Waals surface area contributed by atoms with Gasteiger partial charge in [0.15, 0.2) is 5.82 Å². The van der Waals surface area contributed by atoms with E-state index in [9.17, 15) is 4.79 Å². The largest absolute Gasteiger partial charge is 0.462 e. The predicted octanol–water partition coefficient (Wildman–Crippen LogP) is 3.84. The number of esters is 1. The van der Waals surface area contributed by atoms with Crippen molar-refractivity contribution in [1.29, 1.82) is 0 Å². The monoisotopic (exact) mass is 460 g/mol. The fourth-order valence-electron chi connectivity index (χ4n) is 4.14. The molecule has 0 spiro atoms. The van der Waals surface area contributed by atoms with Crippen molar-refractivity contribution in [2.75, 3.05) is 42.6 Å². The number of nitrogens with zero attached hydrogens (tertiary/aromatic N) is 2. The molecule has 0 amide bonds. The van der Waals surface area contributed by atoms with E-state index < -0.39 is 0 Å². The average Bonchev–Trinajstić information content (AvgIpc) is 3.37. The van der Waals surface area contributed by atoms with Crippen molar-refractivity contribution in [2.24, 2.45) is 5.92 Å². The molecule has 1 saturated heterocycles. The minimum absolute atomic E-state index is 0.312. The molecule has 1 aliphatic rings. The van der Waals surface area contributed by atoms with Crippen LogP contribution < -0.4 is 21.7 Å². The molecule has 34 heavy (non-hydrogen) atoms. The van der Waals surface area contributed by atoms with E-state index in [0.717, 1.165) is 48.3 Å². The molecule has 1 atom stereocenters. The molecule has 5 N–H and O–H groups in total. The molecule has 0 bridgehead atoms. The van der Waals surface area contributed by atoms with Gasteiger partial charge >= 0.3 is 5.97 Å². The molecule has 1 aromatic heterocycles. The van der Waals surface area contributed by atoms with Crippen LogP contribution in [0.4, 0.5) is 17.5 Å². The van der Waals surface area contributed by atoms with Crippen LogP contribution in [0.1, 0.15) is 34.8 Å². The second-order valence-electron chi connectivity index (χ2n) is 8.48. The Bertz CT molecular complexity index is 1140. The standard InChI is InChI=1S/C26H32N6O2/c1-3-34-25(33)20-7-4-6-19(12-20)22-9-5-8-21(17(22)2)15-29-24-23(27)16-31-26(32-24)30-14-18-10-11-28-13-18/h4-9,12,16,18,28H,3,10-11,13-15,27H2,1-2H3,(H2,29,30,31,32)/t18-/m1/s1. The van der Waals surface area contributed by atoms with Gasteiger partial charge in [0.1, 0.15) is 0 Å². The van der Waals surface area contributed by atoms with Gasteiger partial charge in [0.2, 0.25) is 5.95 Å². The number of ether oxygens (including phenoxy) is 1. The lowest BCUT2D eigenvalue weighted by atomic mass is 9.95. The highest BCUT2D eigenvalue weighted by Crippen LogP contribution is 2.28. The number of rotatable bonds is 9. The Labute approximate surface area is 200 Å². The lowest BCUT2D eigenvalue weighted by Gasteiger charge is -2.15. The highest BCUT2D eigenvalue weighted by atomic mass is 16.5. The van der Waals surface area contributed by atoms with Crippen LogP contribution in [-0.4, -0.2) is 42.2 Å². The van der Waals surface area contributed by atoms with Crippen LogP contribution in [-0.2, 0) is 11.3 Å². The number of nitrogens with two attached hydrogens (primary N) is 1. The third-order valence-corrected chi connectivity index (χ3v) is 6.11. The molecule has 8 nitrogen and oxygen atoms in total. The molecular weight excluding hydrogens is 428 g/mol. The van der Waals surface area contributed by atoms with Crippen LogP contribution in [0.2, 0.25) is 0 Å². The summed E-state index contributed by atoms with van der Waals surface area (Å²) in [5.74, 6) is 1.46. The molecule has 0 radical (unpaired) electrons. The van der Waals surface area contributed by atoms with E-state index >= 15 is 0 Å². The Morgan fingerprint density at radius 1 is 1.24 bits per heavy atom. The van der Waals surface area contributed by atoms with Crippen molar-refractivity contribution >= 4 is 23.4 Å². The number of hydrogen-bond acceptors (Lipinski definition) is 8. The first-order valence-electron chi connectivity index (χ1n) is 11.7. The summed E-state index contributed by atoms with van der Waals surface area (Å²) in [6.07, 6.45) is 2.79. The summed E-state index contributed by atoms with van der Waals surface area (Å²) in [4.78, 5) is 21.0. The highest BCUT2D eigenvalue weighted by Gasteiger charge is 2.15. The number of anilines is 3. The Morgan fingerprint density at radius 3 is 2.88 bits per heavy atom. The van der Waals surface area contributed by atoms with E-state index in [1.165, 1.54) is 0 Å². The maximum absolute atomic E-state index is 12.2. The second-order valence-corrected chi connectivity index (χ2v) is 8.48. The minimum atomic E-state index is -0.312. The summed E-state index contributed by atoms with van der Waals surface area (Å²) in [5.41, 5.74) is 11.5. The third-order valence-electron chi connectivity index (χ3n) is 6.11. The normalized spacial score (nSPS) is 15.2. The minimum Gasteiger partial charge on any atom is -0.462 e. The fourth-order valence-corrected chi connectivity index (χ4v) is 4.14. The number of carbonyl (C=O) groups is 1. The van der Waals surface area contributed by atoms with E-state index in [4.69, 9.17) is 10.5 Å². The number of benzene rings is 2. The molecule has 4 rings (SSSR count). The Hall–Kier alpha value is -3.65. The van der Waals surface area contributed by atoms with E-state index in [1.807, 2.05) is 24.3 Å². The number of nitrogen functional groups attached to an aromatic ring is 1. The number of hydrogen-bond donors (Lipinski definition) is 4. The molecule has 2 heterocycles. The first-order chi connectivity index (χ1) is 16.5. The molecule has 3 aromatic rings. The van der Waals surface area contributed by atoms with Crippen LogP contribution in [0.5, 0.6) is 0 Å². The zero-order valence-electron chi connectivity index (χ0n) is 19.7. The molecular formula is C26H32N6O2.